The number of imidazole rings is 1. The van der Waals surface area contributed by atoms with E-state index < -0.39 is 6.03 Å². The van der Waals surface area contributed by atoms with Crippen molar-refractivity contribution >= 4 is 17.4 Å². The molecule has 2 aromatic heterocycles. The van der Waals surface area contributed by atoms with Crippen molar-refractivity contribution in [2.75, 3.05) is 0 Å². The number of nitrogens with zero attached hydrogens (tertiary/aromatic N) is 3. The van der Waals surface area contributed by atoms with Gasteiger partial charge in [-0.25, -0.2) is 14.2 Å². The van der Waals surface area contributed by atoms with Crippen LogP contribution in [0.5, 0.6) is 0 Å². The summed E-state index contributed by atoms with van der Waals surface area (Å²) in [5.74, 6) is -0.606. The van der Waals surface area contributed by atoms with Gasteiger partial charge >= 0.3 is 6.03 Å². The second-order valence-electron chi connectivity index (χ2n) is 6.23. The van der Waals surface area contributed by atoms with Gasteiger partial charge in [0.15, 0.2) is 0 Å². The van der Waals surface area contributed by atoms with Gasteiger partial charge in [0.25, 0.3) is 5.56 Å². The molecular formula is C19H12FN5O2. The van der Waals surface area contributed by atoms with Crippen LogP contribution in [0.25, 0.3) is 16.9 Å². The topological polar surface area (TPSA) is 91.6 Å². The predicted molar refractivity (Wildman–Crippen MR) is 97.1 cm³/mol. The number of fused-ring (bicyclic) bond motifs is 2. The van der Waals surface area contributed by atoms with Gasteiger partial charge in [-0.05, 0) is 36.4 Å². The normalized spacial score (nSPS) is 18.3. The van der Waals surface area contributed by atoms with Gasteiger partial charge in [0.2, 0.25) is 5.65 Å². The highest BCUT2D eigenvalue weighted by atomic mass is 19.1. The van der Waals surface area contributed by atoms with E-state index in [1.165, 1.54) is 12.1 Å². The molecule has 27 heavy (non-hydrogen) atoms. The van der Waals surface area contributed by atoms with Crippen LogP contribution in [0, 0.1) is 5.82 Å². The number of halogens is 1. The molecule has 5 rings (SSSR count). The van der Waals surface area contributed by atoms with Gasteiger partial charge in [-0.15, -0.1) is 0 Å². The number of amides is 2. The number of benzene rings is 1. The van der Waals surface area contributed by atoms with Crippen LogP contribution in [-0.4, -0.2) is 26.1 Å². The van der Waals surface area contributed by atoms with Gasteiger partial charge in [0.05, 0.1) is 22.8 Å². The summed E-state index contributed by atoms with van der Waals surface area (Å²) in [4.78, 5) is 34.7. The lowest BCUT2D eigenvalue weighted by atomic mass is 9.93. The maximum absolute atomic E-state index is 13.4. The number of aromatic nitrogens is 3. The molecule has 2 amide bonds. The molecule has 3 heterocycles. The second-order valence-corrected chi connectivity index (χ2v) is 6.23. The fourth-order valence-electron chi connectivity index (χ4n) is 3.38. The van der Waals surface area contributed by atoms with Crippen LogP contribution in [-0.2, 0) is 0 Å². The number of aromatic amines is 1. The van der Waals surface area contributed by atoms with E-state index in [1.54, 1.807) is 35.0 Å². The summed E-state index contributed by atoms with van der Waals surface area (Å²) in [7, 11) is 0. The highest BCUT2D eigenvalue weighted by Crippen LogP contribution is 2.33. The predicted octanol–water partition coefficient (Wildman–Crippen LogP) is 2.53. The Labute approximate surface area is 151 Å². The number of allylic oxidation sites excluding steroid dienone is 3. The van der Waals surface area contributed by atoms with E-state index >= 15 is 0 Å². The minimum Gasteiger partial charge on any atom is -0.324 e. The maximum Gasteiger partial charge on any atom is 0.346 e. The Morgan fingerprint density at radius 3 is 2.78 bits per heavy atom. The van der Waals surface area contributed by atoms with Gasteiger partial charge in [-0.2, -0.15) is 4.99 Å². The van der Waals surface area contributed by atoms with Gasteiger partial charge in [0.1, 0.15) is 5.82 Å². The minimum atomic E-state index is -0.408. The molecule has 1 atom stereocenters. The lowest BCUT2D eigenvalue weighted by Gasteiger charge is -2.16. The number of hydrogen-bond donors (Lipinski definition) is 2. The molecule has 2 aliphatic rings. The zero-order valence-electron chi connectivity index (χ0n) is 13.8. The Bertz CT molecular complexity index is 1250. The van der Waals surface area contributed by atoms with Crippen LogP contribution in [0.3, 0.4) is 0 Å². The van der Waals surface area contributed by atoms with Crippen LogP contribution in [0.15, 0.2) is 70.4 Å². The van der Waals surface area contributed by atoms with E-state index in [0.29, 0.717) is 22.7 Å². The molecule has 132 valence electrons. The summed E-state index contributed by atoms with van der Waals surface area (Å²) in [6.07, 6.45) is 8.77. The van der Waals surface area contributed by atoms with Crippen LogP contribution < -0.4 is 10.9 Å². The largest absolute Gasteiger partial charge is 0.346 e. The summed E-state index contributed by atoms with van der Waals surface area (Å²) in [6.45, 7) is 0. The molecule has 1 aliphatic heterocycles. The number of H-pyrrole nitrogens is 1. The van der Waals surface area contributed by atoms with Crippen molar-refractivity contribution < 1.29 is 9.18 Å². The standard InChI is InChI=1S/C19H12FN5O2/c20-12-4-1-10(2-5-12)15-16(25-8-7-21-18(26)17(25)24-15)11-3-6-13-14(9-11)23-19(27)22-13/h1-9,11H,(H,21,26)(H,23,27). The highest BCUT2D eigenvalue weighted by molar-refractivity contribution is 6.19. The lowest BCUT2D eigenvalue weighted by molar-refractivity contribution is 0.253. The Morgan fingerprint density at radius 2 is 1.96 bits per heavy atom. The lowest BCUT2D eigenvalue weighted by Crippen LogP contribution is -2.18. The Balaban J connectivity index is 1.75. The van der Waals surface area contributed by atoms with Gasteiger partial charge in [-0.3, -0.25) is 9.20 Å². The van der Waals surface area contributed by atoms with Crippen molar-refractivity contribution in [3.8, 4) is 11.3 Å². The van der Waals surface area contributed by atoms with E-state index in [4.69, 9.17) is 0 Å². The molecule has 1 aromatic carbocycles. The molecule has 0 saturated heterocycles. The van der Waals surface area contributed by atoms with Crippen LogP contribution in [0.2, 0.25) is 0 Å². The third-order valence-corrected chi connectivity index (χ3v) is 4.57. The minimum absolute atomic E-state index is 0.244. The molecule has 8 heteroatoms. The SMILES string of the molecule is O=C1N=C2C=CC(c3c(-c4ccc(F)cc4)nc4c(=O)[nH]ccn34)C=C2N1. The van der Waals surface area contributed by atoms with Gasteiger partial charge in [-0.1, -0.05) is 6.08 Å². The molecule has 0 bridgehead atoms. The summed E-state index contributed by atoms with van der Waals surface area (Å²) in [6, 6.07) is 5.54. The number of hydrogen-bond acceptors (Lipinski definition) is 3. The van der Waals surface area contributed by atoms with Crippen molar-refractivity contribution in [2.45, 2.75) is 5.92 Å². The molecule has 1 unspecified atom stereocenters. The highest BCUT2D eigenvalue weighted by Gasteiger charge is 2.27. The summed E-state index contributed by atoms with van der Waals surface area (Å²) in [5.41, 5.74) is 3.12. The van der Waals surface area contributed by atoms with Crippen molar-refractivity contribution in [3.05, 3.63) is 82.4 Å². The fraction of sp³-hybridized carbons (Fsp3) is 0.0526. The summed E-state index contributed by atoms with van der Waals surface area (Å²) >= 11 is 0. The number of aliphatic imine (C=N–C) groups is 1. The molecular weight excluding hydrogens is 349 g/mol. The van der Waals surface area contributed by atoms with E-state index in [1.807, 2.05) is 12.2 Å². The zero-order chi connectivity index (χ0) is 18.5. The maximum atomic E-state index is 13.4. The summed E-state index contributed by atoms with van der Waals surface area (Å²) < 4.78 is 15.1. The third kappa shape index (κ3) is 2.42. The van der Waals surface area contributed by atoms with E-state index in [0.717, 1.165) is 5.69 Å². The van der Waals surface area contributed by atoms with E-state index in [9.17, 15) is 14.0 Å². The van der Waals surface area contributed by atoms with Crippen LogP contribution in [0.1, 0.15) is 11.6 Å². The van der Waals surface area contributed by atoms with E-state index in [2.05, 4.69) is 20.3 Å². The molecule has 0 saturated carbocycles. The first-order valence-electron chi connectivity index (χ1n) is 8.26. The second kappa shape index (κ2) is 5.60. The molecule has 1 aliphatic carbocycles. The Kier molecular flexibility index (Phi) is 3.20. The average molecular weight is 361 g/mol. The van der Waals surface area contributed by atoms with Crippen molar-refractivity contribution in [1.82, 2.24) is 19.7 Å². The molecule has 0 radical (unpaired) electrons. The average Bonchev–Trinajstić information content (AvgIpc) is 3.22. The first-order chi connectivity index (χ1) is 13.1. The van der Waals surface area contributed by atoms with Crippen LogP contribution in [0.4, 0.5) is 9.18 Å². The number of rotatable bonds is 2. The number of urea groups is 1. The summed E-state index contributed by atoms with van der Waals surface area (Å²) in [5, 5.41) is 2.69. The first-order valence-corrected chi connectivity index (χ1v) is 8.26. The number of carbonyl (C=O) groups excluding carboxylic acids is 1. The molecule has 0 fully saturated rings. The molecule has 3 aromatic rings. The van der Waals surface area contributed by atoms with Crippen LogP contribution >= 0.6 is 0 Å². The first kappa shape index (κ1) is 15.4. The zero-order valence-corrected chi connectivity index (χ0v) is 13.8. The van der Waals surface area contributed by atoms with Gasteiger partial charge in [0, 0.05) is 23.9 Å². The van der Waals surface area contributed by atoms with Crippen molar-refractivity contribution in [1.29, 1.82) is 0 Å². The van der Waals surface area contributed by atoms with Crippen molar-refractivity contribution in [2.24, 2.45) is 4.99 Å². The molecule has 0 spiro atoms. The number of nitrogens with one attached hydrogen (secondary N) is 2. The van der Waals surface area contributed by atoms with Gasteiger partial charge < -0.3 is 10.3 Å². The number of carbonyl (C=O) groups is 1. The Morgan fingerprint density at radius 1 is 1.15 bits per heavy atom. The monoisotopic (exact) mass is 361 g/mol. The quantitative estimate of drug-likeness (QED) is 0.735. The fourth-order valence-corrected chi connectivity index (χ4v) is 3.38. The van der Waals surface area contributed by atoms with Crippen molar-refractivity contribution in [3.63, 3.8) is 0 Å². The Hall–Kier alpha value is -3.81. The third-order valence-electron chi connectivity index (χ3n) is 4.57. The smallest absolute Gasteiger partial charge is 0.324 e. The molecule has 7 nitrogen and oxygen atoms in total. The van der Waals surface area contributed by atoms with E-state index in [-0.39, 0.29) is 22.9 Å². The molecule has 2 N–H and O–H groups in total.